The summed E-state index contributed by atoms with van der Waals surface area (Å²) in [7, 11) is 0. The van der Waals surface area contributed by atoms with Gasteiger partial charge in [0.25, 0.3) is 0 Å². The monoisotopic (exact) mass is 408 g/mol. The van der Waals surface area contributed by atoms with Crippen LogP contribution in [0.15, 0.2) is 52.9 Å². The molecule has 0 unspecified atom stereocenters. The number of rotatable bonds is 2. The number of aryl methyl sites for hydroxylation is 3. The van der Waals surface area contributed by atoms with E-state index in [1.54, 1.807) is 0 Å². The van der Waals surface area contributed by atoms with E-state index in [9.17, 15) is 0 Å². The van der Waals surface area contributed by atoms with Gasteiger partial charge in [-0.05, 0) is 61.8 Å². The van der Waals surface area contributed by atoms with E-state index in [4.69, 9.17) is 4.42 Å². The van der Waals surface area contributed by atoms with Crippen molar-refractivity contribution >= 4 is 32.7 Å². The van der Waals surface area contributed by atoms with Crippen LogP contribution in [0.3, 0.4) is 0 Å². The second-order valence-corrected chi connectivity index (χ2v) is 10.1. The van der Waals surface area contributed by atoms with E-state index in [2.05, 4.69) is 93.3 Å². The van der Waals surface area contributed by atoms with Gasteiger partial charge in [-0.1, -0.05) is 62.2 Å². The van der Waals surface area contributed by atoms with Crippen LogP contribution in [0.25, 0.3) is 44.0 Å². The molecule has 2 heterocycles. The van der Waals surface area contributed by atoms with Crippen LogP contribution in [0.5, 0.6) is 0 Å². The first kappa shape index (κ1) is 19.7. The van der Waals surface area contributed by atoms with Crippen molar-refractivity contribution in [2.24, 2.45) is 5.41 Å². The van der Waals surface area contributed by atoms with Gasteiger partial charge in [-0.25, -0.2) is 0 Å². The SMILES string of the molecule is Cc1cc(C)cc(-c2nnc(C)c3c2oc2c4ccc(CC(C)(C)C)cc4ccc23)c1. The van der Waals surface area contributed by atoms with Crippen molar-refractivity contribution in [3.8, 4) is 11.3 Å². The van der Waals surface area contributed by atoms with Crippen molar-refractivity contribution in [1.82, 2.24) is 10.2 Å². The lowest BCUT2D eigenvalue weighted by Gasteiger charge is -2.18. The first-order valence-corrected chi connectivity index (χ1v) is 10.9. The van der Waals surface area contributed by atoms with E-state index in [-0.39, 0.29) is 5.41 Å². The number of furan rings is 1. The largest absolute Gasteiger partial charge is 0.453 e. The highest BCUT2D eigenvalue weighted by atomic mass is 16.3. The molecule has 0 N–H and O–H groups in total. The van der Waals surface area contributed by atoms with Crippen LogP contribution in [0.1, 0.15) is 43.2 Å². The molecule has 3 nitrogen and oxygen atoms in total. The lowest BCUT2D eigenvalue weighted by atomic mass is 9.87. The first-order chi connectivity index (χ1) is 14.7. The summed E-state index contributed by atoms with van der Waals surface area (Å²) in [4.78, 5) is 0. The van der Waals surface area contributed by atoms with Gasteiger partial charge < -0.3 is 4.42 Å². The van der Waals surface area contributed by atoms with Crippen molar-refractivity contribution in [3.63, 3.8) is 0 Å². The fourth-order valence-corrected chi connectivity index (χ4v) is 4.70. The van der Waals surface area contributed by atoms with Crippen LogP contribution >= 0.6 is 0 Å². The molecule has 0 radical (unpaired) electrons. The topological polar surface area (TPSA) is 38.9 Å². The summed E-state index contributed by atoms with van der Waals surface area (Å²) in [5.74, 6) is 0. The van der Waals surface area contributed by atoms with Crippen molar-refractivity contribution in [1.29, 1.82) is 0 Å². The van der Waals surface area contributed by atoms with Gasteiger partial charge in [0, 0.05) is 16.3 Å². The Kier molecular flexibility index (Phi) is 4.40. The zero-order chi connectivity index (χ0) is 21.9. The van der Waals surface area contributed by atoms with Crippen LogP contribution < -0.4 is 0 Å². The first-order valence-electron chi connectivity index (χ1n) is 10.9. The summed E-state index contributed by atoms with van der Waals surface area (Å²) in [6.07, 6.45) is 1.05. The number of nitrogens with zero attached hydrogens (tertiary/aromatic N) is 2. The molecule has 3 aromatic carbocycles. The summed E-state index contributed by atoms with van der Waals surface area (Å²) in [5, 5.41) is 13.5. The molecule has 0 aliphatic carbocycles. The number of fused-ring (bicyclic) bond motifs is 5. The van der Waals surface area contributed by atoms with E-state index < -0.39 is 0 Å². The van der Waals surface area contributed by atoms with Crippen LogP contribution in [0.2, 0.25) is 0 Å². The Labute approximate surface area is 183 Å². The predicted molar refractivity (Wildman–Crippen MR) is 130 cm³/mol. The standard InChI is InChI=1S/C28H28N2O/c1-16-11-17(2)13-21(12-16)25-27-24(18(3)29-30-25)23-10-8-20-14-19(15-28(4,5)6)7-9-22(20)26(23)31-27/h7-14H,15H2,1-6H3. The van der Waals surface area contributed by atoms with E-state index in [0.717, 1.165) is 50.7 Å². The zero-order valence-electron chi connectivity index (χ0n) is 19.1. The van der Waals surface area contributed by atoms with Crippen molar-refractivity contribution in [2.75, 3.05) is 0 Å². The van der Waals surface area contributed by atoms with E-state index >= 15 is 0 Å². The molecule has 0 aliphatic heterocycles. The van der Waals surface area contributed by atoms with Crippen LogP contribution in [-0.4, -0.2) is 10.2 Å². The predicted octanol–water partition coefficient (Wildman–Crippen LogP) is 7.71. The molecule has 0 spiro atoms. The van der Waals surface area contributed by atoms with Gasteiger partial charge in [-0.15, -0.1) is 5.10 Å². The molecule has 5 aromatic rings. The summed E-state index contributed by atoms with van der Waals surface area (Å²) in [5.41, 5.74) is 8.50. The van der Waals surface area contributed by atoms with Crippen molar-refractivity contribution in [2.45, 2.75) is 48.0 Å². The molecule has 0 saturated heterocycles. The second-order valence-electron chi connectivity index (χ2n) is 10.1. The Morgan fingerprint density at radius 3 is 2.19 bits per heavy atom. The minimum Gasteiger partial charge on any atom is -0.453 e. The van der Waals surface area contributed by atoms with E-state index in [1.807, 2.05) is 6.92 Å². The minimum atomic E-state index is 0.256. The number of benzene rings is 3. The van der Waals surface area contributed by atoms with Gasteiger partial charge in [0.2, 0.25) is 0 Å². The highest BCUT2D eigenvalue weighted by molar-refractivity contribution is 6.17. The molecule has 0 fully saturated rings. The average molecular weight is 409 g/mol. The summed E-state index contributed by atoms with van der Waals surface area (Å²) in [6.45, 7) is 13.0. The molecule has 0 amide bonds. The maximum absolute atomic E-state index is 6.55. The average Bonchev–Trinajstić information content (AvgIpc) is 3.06. The number of hydrogen-bond donors (Lipinski definition) is 0. The third kappa shape index (κ3) is 3.48. The van der Waals surface area contributed by atoms with Gasteiger partial charge in [0.05, 0.1) is 11.1 Å². The molecule has 5 rings (SSSR count). The number of hydrogen-bond acceptors (Lipinski definition) is 3. The normalized spacial score (nSPS) is 12.3. The van der Waals surface area contributed by atoms with Crippen molar-refractivity contribution < 1.29 is 4.42 Å². The van der Waals surface area contributed by atoms with Gasteiger partial charge in [0.15, 0.2) is 5.58 Å². The minimum absolute atomic E-state index is 0.256. The Morgan fingerprint density at radius 1 is 0.774 bits per heavy atom. The highest BCUT2D eigenvalue weighted by Crippen LogP contribution is 2.39. The third-order valence-corrected chi connectivity index (χ3v) is 5.84. The van der Waals surface area contributed by atoms with Crippen molar-refractivity contribution in [3.05, 3.63) is 70.9 Å². The zero-order valence-corrected chi connectivity index (χ0v) is 19.1. The summed E-state index contributed by atoms with van der Waals surface area (Å²) in [6, 6.07) is 17.6. The second kappa shape index (κ2) is 6.91. The van der Waals surface area contributed by atoms with Crippen LogP contribution in [-0.2, 0) is 6.42 Å². The fourth-order valence-electron chi connectivity index (χ4n) is 4.70. The lowest BCUT2D eigenvalue weighted by Crippen LogP contribution is -2.08. The molecule has 2 aromatic heterocycles. The fraction of sp³-hybridized carbons (Fsp3) is 0.286. The van der Waals surface area contributed by atoms with Gasteiger partial charge in [-0.2, -0.15) is 5.10 Å². The van der Waals surface area contributed by atoms with E-state index in [1.165, 1.54) is 22.1 Å². The maximum atomic E-state index is 6.55. The molecule has 31 heavy (non-hydrogen) atoms. The lowest BCUT2D eigenvalue weighted by molar-refractivity contribution is 0.411. The molecular weight excluding hydrogens is 380 g/mol. The molecule has 0 atom stereocenters. The quantitative estimate of drug-likeness (QED) is 0.300. The number of aromatic nitrogens is 2. The van der Waals surface area contributed by atoms with Crippen LogP contribution in [0.4, 0.5) is 0 Å². The molecule has 156 valence electrons. The Morgan fingerprint density at radius 2 is 1.48 bits per heavy atom. The summed E-state index contributed by atoms with van der Waals surface area (Å²) < 4.78 is 6.55. The highest BCUT2D eigenvalue weighted by Gasteiger charge is 2.19. The molecule has 0 aliphatic rings. The Balaban J connectivity index is 1.78. The van der Waals surface area contributed by atoms with Gasteiger partial charge >= 0.3 is 0 Å². The molecule has 0 bridgehead atoms. The molecular formula is C28H28N2O. The molecule has 3 heteroatoms. The van der Waals surface area contributed by atoms with Crippen LogP contribution in [0, 0.1) is 26.2 Å². The summed E-state index contributed by atoms with van der Waals surface area (Å²) >= 11 is 0. The molecule has 0 saturated carbocycles. The van der Waals surface area contributed by atoms with Gasteiger partial charge in [0.1, 0.15) is 11.3 Å². The third-order valence-electron chi connectivity index (χ3n) is 5.84. The maximum Gasteiger partial charge on any atom is 0.165 e. The van der Waals surface area contributed by atoms with E-state index in [0.29, 0.717) is 0 Å². The Hall–Kier alpha value is -3.20. The Bertz CT molecular complexity index is 1450. The smallest absolute Gasteiger partial charge is 0.165 e. The van der Waals surface area contributed by atoms with Gasteiger partial charge in [-0.3, -0.25) is 0 Å².